The van der Waals surface area contributed by atoms with Gasteiger partial charge in [0.1, 0.15) is 24.0 Å². The Morgan fingerprint density at radius 1 is 1.22 bits per heavy atom. The maximum Gasteiger partial charge on any atom is 0.272 e. The van der Waals surface area contributed by atoms with Gasteiger partial charge in [0.05, 0.1) is 16.6 Å². The van der Waals surface area contributed by atoms with Crippen LogP contribution in [0.15, 0.2) is 54.9 Å². The molecule has 0 saturated carbocycles. The molecule has 0 atom stereocenters. The van der Waals surface area contributed by atoms with Gasteiger partial charge in [-0.15, -0.1) is 0 Å². The third-order valence-electron chi connectivity index (χ3n) is 5.54. The average Bonchev–Trinajstić information content (AvgIpc) is 3.60. The molecule has 0 unspecified atom stereocenters. The normalized spacial score (nSPS) is 11.1. The number of imidazole rings is 1. The van der Waals surface area contributed by atoms with Crippen molar-refractivity contribution >= 4 is 28.3 Å². The number of ether oxygens (including phenoxy) is 1. The van der Waals surface area contributed by atoms with Crippen LogP contribution in [-0.4, -0.2) is 48.1 Å². The van der Waals surface area contributed by atoms with E-state index in [2.05, 4.69) is 20.4 Å². The van der Waals surface area contributed by atoms with Gasteiger partial charge in [0.15, 0.2) is 29.8 Å². The number of nitrogens with zero attached hydrogens (tertiary/aromatic N) is 6. The number of ketones is 1. The van der Waals surface area contributed by atoms with E-state index in [4.69, 9.17) is 9.72 Å². The van der Waals surface area contributed by atoms with Crippen LogP contribution in [0.1, 0.15) is 28.7 Å². The van der Waals surface area contributed by atoms with Crippen LogP contribution < -0.4 is 10.1 Å². The Morgan fingerprint density at radius 2 is 2.05 bits per heavy atom. The number of halogens is 2. The van der Waals surface area contributed by atoms with Crippen molar-refractivity contribution in [2.45, 2.75) is 20.3 Å². The van der Waals surface area contributed by atoms with Crippen LogP contribution >= 0.6 is 0 Å². The number of fused-ring (bicyclic) bond motifs is 1. The molecule has 0 bridgehead atoms. The summed E-state index contributed by atoms with van der Waals surface area (Å²) in [6, 6.07) is 15.8. The molecule has 0 aliphatic rings. The number of rotatable bonds is 8. The number of anilines is 2. The average molecular weight is 502 g/mol. The highest BCUT2D eigenvalue weighted by molar-refractivity contribution is 5.97. The minimum absolute atomic E-state index is 0.180. The molecule has 0 fully saturated rings. The Kier molecular flexibility index (Phi) is 6.10. The van der Waals surface area contributed by atoms with Crippen molar-refractivity contribution < 1.29 is 18.3 Å². The number of pyridine rings is 1. The summed E-state index contributed by atoms with van der Waals surface area (Å²) in [7, 11) is 0. The maximum absolute atomic E-state index is 12.3. The molecule has 4 aromatic heterocycles. The van der Waals surface area contributed by atoms with Gasteiger partial charge < -0.3 is 15.0 Å². The Balaban J connectivity index is 1.46. The van der Waals surface area contributed by atoms with E-state index < -0.39 is 13.0 Å². The summed E-state index contributed by atoms with van der Waals surface area (Å²) in [4.78, 5) is 24.3. The highest BCUT2D eigenvalue weighted by atomic mass is 19.3. The fourth-order valence-corrected chi connectivity index (χ4v) is 3.87. The van der Waals surface area contributed by atoms with E-state index in [1.54, 1.807) is 48.1 Å². The molecule has 0 aliphatic heterocycles. The van der Waals surface area contributed by atoms with Gasteiger partial charge in [0.25, 0.3) is 6.43 Å². The number of hydrogen-bond donors (Lipinski definition) is 2. The van der Waals surface area contributed by atoms with E-state index >= 15 is 0 Å². The molecule has 1 aromatic carbocycles. The van der Waals surface area contributed by atoms with Gasteiger partial charge in [-0.1, -0.05) is 0 Å². The fourth-order valence-electron chi connectivity index (χ4n) is 3.87. The first-order valence-electron chi connectivity index (χ1n) is 11.2. The molecule has 5 rings (SSSR count). The van der Waals surface area contributed by atoms with Crippen molar-refractivity contribution in [3.8, 4) is 23.6 Å². The van der Waals surface area contributed by atoms with Gasteiger partial charge in [-0.25, -0.2) is 23.4 Å². The molecule has 0 aliphatic carbocycles. The number of aromatic amines is 1. The highest BCUT2D eigenvalue weighted by Gasteiger charge is 2.17. The summed E-state index contributed by atoms with van der Waals surface area (Å²) >= 11 is 0. The summed E-state index contributed by atoms with van der Waals surface area (Å²) < 4.78 is 32.9. The summed E-state index contributed by atoms with van der Waals surface area (Å²) in [6.45, 7) is 2.54. The number of benzene rings is 1. The Hall–Kier alpha value is -5.05. The third-order valence-corrected chi connectivity index (χ3v) is 5.54. The minimum Gasteiger partial charge on any atom is -0.473 e. The lowest BCUT2D eigenvalue weighted by molar-refractivity contribution is 0.0799. The number of hydrogen-bond acceptors (Lipinski definition) is 7. The predicted octanol–water partition coefficient (Wildman–Crippen LogP) is 4.70. The molecule has 2 N–H and O–H groups in total. The number of Topliss-reactive ketones (excluding diaryl/α,β-unsaturated/α-hetero) is 1. The highest BCUT2D eigenvalue weighted by Crippen LogP contribution is 2.26. The van der Waals surface area contributed by atoms with Crippen molar-refractivity contribution in [1.82, 2.24) is 29.3 Å². The fraction of sp³-hybridized carbons (Fsp3) is 0.160. The van der Waals surface area contributed by atoms with Crippen LogP contribution in [0, 0.1) is 18.3 Å². The Labute approximate surface area is 209 Å². The van der Waals surface area contributed by atoms with Crippen molar-refractivity contribution in [3.05, 3.63) is 71.8 Å². The van der Waals surface area contributed by atoms with E-state index in [0.29, 0.717) is 34.2 Å². The van der Waals surface area contributed by atoms with Crippen LogP contribution in [0.25, 0.3) is 22.7 Å². The van der Waals surface area contributed by atoms with Crippen LogP contribution in [0.2, 0.25) is 0 Å². The molecular formula is C25H20F2N8O2. The lowest BCUT2D eigenvalue weighted by Gasteiger charge is -2.11. The van der Waals surface area contributed by atoms with Gasteiger partial charge in [-0.3, -0.25) is 9.36 Å². The van der Waals surface area contributed by atoms with E-state index in [0.717, 1.165) is 11.2 Å². The zero-order valence-electron chi connectivity index (χ0n) is 19.7. The van der Waals surface area contributed by atoms with Crippen molar-refractivity contribution in [3.63, 3.8) is 0 Å². The lowest BCUT2D eigenvalue weighted by Crippen LogP contribution is -2.11. The standard InChI is InChI=1S/C25H20F2N8O2/c1-14-9-17(11-28)33-35(14)25-18(15(2)36)4-7-23(32-25)34-13-29-19-10-16(3-5-20(19)34)30-22-6-8-24(31-22)37-12-21(26)27/h3-10,13,21,30-31H,12H2,1-2H3. The molecule has 5 aromatic rings. The summed E-state index contributed by atoms with van der Waals surface area (Å²) in [5.74, 6) is 1.46. The molecule has 0 spiro atoms. The molecule has 0 radical (unpaired) electrons. The molecule has 10 nitrogen and oxygen atoms in total. The molecule has 0 amide bonds. The Morgan fingerprint density at radius 3 is 2.78 bits per heavy atom. The molecule has 4 heterocycles. The number of nitriles is 1. The topological polar surface area (TPSA) is 126 Å². The quantitative estimate of drug-likeness (QED) is 0.294. The van der Waals surface area contributed by atoms with Gasteiger partial charge in [-0.05, 0) is 56.3 Å². The van der Waals surface area contributed by atoms with Crippen molar-refractivity contribution in [2.75, 3.05) is 11.9 Å². The summed E-state index contributed by atoms with van der Waals surface area (Å²) in [5, 5.41) is 16.6. The number of aryl methyl sites for hydroxylation is 1. The van der Waals surface area contributed by atoms with E-state index in [-0.39, 0.29) is 17.4 Å². The van der Waals surface area contributed by atoms with Crippen LogP contribution in [0.3, 0.4) is 0 Å². The first-order chi connectivity index (χ1) is 17.8. The first-order valence-corrected chi connectivity index (χ1v) is 11.2. The summed E-state index contributed by atoms with van der Waals surface area (Å²) in [5.41, 5.74) is 3.42. The SMILES string of the molecule is CC(=O)c1ccc(-n2cnc3cc(Nc4ccc(OCC(F)F)[nH]4)ccc32)nc1-n1nc(C#N)cc1C. The Bertz CT molecular complexity index is 1660. The van der Waals surface area contributed by atoms with E-state index in [1.165, 1.54) is 11.6 Å². The van der Waals surface area contributed by atoms with Crippen LogP contribution in [0.5, 0.6) is 5.88 Å². The third kappa shape index (κ3) is 4.74. The van der Waals surface area contributed by atoms with Gasteiger partial charge in [0.2, 0.25) is 0 Å². The minimum atomic E-state index is -2.56. The largest absolute Gasteiger partial charge is 0.473 e. The zero-order chi connectivity index (χ0) is 26.1. The van der Waals surface area contributed by atoms with E-state index in [9.17, 15) is 18.8 Å². The smallest absolute Gasteiger partial charge is 0.272 e. The second-order valence-corrected chi connectivity index (χ2v) is 8.17. The molecule has 12 heteroatoms. The van der Waals surface area contributed by atoms with Crippen molar-refractivity contribution in [2.24, 2.45) is 0 Å². The predicted molar refractivity (Wildman–Crippen MR) is 131 cm³/mol. The number of alkyl halides is 2. The molecule has 0 saturated heterocycles. The number of carbonyl (C=O) groups excluding carboxylic acids is 1. The van der Waals surface area contributed by atoms with E-state index in [1.807, 2.05) is 24.3 Å². The first kappa shape index (κ1) is 23.7. The number of H-pyrrole nitrogens is 1. The summed E-state index contributed by atoms with van der Waals surface area (Å²) in [6.07, 6.45) is -0.935. The van der Waals surface area contributed by atoms with Crippen LogP contribution in [-0.2, 0) is 0 Å². The monoisotopic (exact) mass is 502 g/mol. The lowest BCUT2D eigenvalue weighted by atomic mass is 10.2. The number of nitrogens with one attached hydrogen (secondary N) is 2. The molecule has 186 valence electrons. The second-order valence-electron chi connectivity index (χ2n) is 8.17. The zero-order valence-corrected chi connectivity index (χ0v) is 19.7. The van der Waals surface area contributed by atoms with Gasteiger partial charge in [-0.2, -0.15) is 10.4 Å². The molecule has 37 heavy (non-hydrogen) atoms. The van der Waals surface area contributed by atoms with Gasteiger partial charge >= 0.3 is 0 Å². The maximum atomic E-state index is 12.3. The van der Waals surface area contributed by atoms with Crippen LogP contribution in [0.4, 0.5) is 20.3 Å². The van der Waals surface area contributed by atoms with Gasteiger partial charge in [0, 0.05) is 17.4 Å². The molecular weight excluding hydrogens is 482 g/mol. The number of carbonyl (C=O) groups is 1. The van der Waals surface area contributed by atoms with Crippen molar-refractivity contribution in [1.29, 1.82) is 5.26 Å². The second kappa shape index (κ2) is 9.54. The number of aromatic nitrogens is 6.